The lowest BCUT2D eigenvalue weighted by Gasteiger charge is -2.33. The fourth-order valence-electron chi connectivity index (χ4n) is 2.79. The number of benzene rings is 1. The van der Waals surface area contributed by atoms with Gasteiger partial charge in [-0.05, 0) is 31.2 Å². The second kappa shape index (κ2) is 7.93. The molecule has 1 aromatic carbocycles. The van der Waals surface area contributed by atoms with Crippen LogP contribution in [0.5, 0.6) is 5.75 Å². The highest BCUT2D eigenvalue weighted by atomic mass is 35.5. The number of fused-ring (bicyclic) bond motifs is 1. The number of ether oxygens (including phenoxy) is 1. The van der Waals surface area contributed by atoms with Gasteiger partial charge in [0.15, 0.2) is 6.10 Å². The van der Waals surface area contributed by atoms with Crippen LogP contribution in [0.15, 0.2) is 49.1 Å². The summed E-state index contributed by atoms with van der Waals surface area (Å²) in [6.45, 7) is 6.18. The van der Waals surface area contributed by atoms with Crippen LogP contribution in [0.3, 0.4) is 0 Å². The first-order valence-electron chi connectivity index (χ1n) is 8.19. The summed E-state index contributed by atoms with van der Waals surface area (Å²) >= 11 is 7.41. The molecule has 26 heavy (non-hydrogen) atoms. The molecule has 2 amide bonds. The molecule has 0 saturated heterocycles. The van der Waals surface area contributed by atoms with Crippen molar-refractivity contribution in [3.05, 3.63) is 58.3 Å². The number of amides is 2. The third-order valence-corrected chi connectivity index (χ3v) is 5.26. The Balaban J connectivity index is 1.80. The molecule has 0 spiro atoms. The van der Waals surface area contributed by atoms with Gasteiger partial charge in [0, 0.05) is 11.4 Å². The minimum atomic E-state index is -0.623. The maximum atomic E-state index is 12.9. The van der Waals surface area contributed by atoms with Crippen LogP contribution < -0.4 is 9.64 Å². The summed E-state index contributed by atoms with van der Waals surface area (Å²) in [5.74, 6) is 0.217. The molecular weight excluding hydrogens is 372 g/mol. The summed E-state index contributed by atoms with van der Waals surface area (Å²) in [4.78, 5) is 29.6. The lowest BCUT2D eigenvalue weighted by atomic mass is 10.2. The molecule has 1 aromatic heterocycles. The van der Waals surface area contributed by atoms with Crippen LogP contribution in [-0.4, -0.2) is 35.9 Å². The number of hydrogen-bond acceptors (Lipinski definition) is 4. The Morgan fingerprint density at radius 1 is 1.38 bits per heavy atom. The van der Waals surface area contributed by atoms with Crippen LogP contribution in [0.4, 0.5) is 5.69 Å². The number of anilines is 1. The van der Waals surface area contributed by atoms with E-state index in [1.54, 1.807) is 30.0 Å². The van der Waals surface area contributed by atoms with E-state index < -0.39 is 6.10 Å². The highest BCUT2D eigenvalue weighted by Gasteiger charge is 2.33. The van der Waals surface area contributed by atoms with Gasteiger partial charge in [0.05, 0.1) is 16.6 Å². The average molecular weight is 391 g/mol. The first-order chi connectivity index (χ1) is 12.5. The van der Waals surface area contributed by atoms with Crippen LogP contribution in [0, 0.1) is 0 Å². The predicted octanol–water partition coefficient (Wildman–Crippen LogP) is 3.73. The Hall–Kier alpha value is -2.31. The van der Waals surface area contributed by atoms with Crippen molar-refractivity contribution in [3.8, 4) is 5.75 Å². The second-order valence-corrected chi connectivity index (χ2v) is 7.72. The standard InChI is InChI=1S/C19H19ClN2O3S/c1-3-10-21(11-14-8-9-17(20)26-14)18(23)12-22-15-6-4-5-7-16(15)25-13(2)19(22)24/h3-9,13H,1,10-12H2,2H3/t13-/m1/s1. The SMILES string of the molecule is C=CCN(Cc1ccc(Cl)s1)C(=O)CN1C(=O)[C@@H](C)Oc2ccccc21. The van der Waals surface area contributed by atoms with E-state index in [-0.39, 0.29) is 18.4 Å². The van der Waals surface area contributed by atoms with Gasteiger partial charge in [-0.3, -0.25) is 14.5 Å². The molecule has 0 radical (unpaired) electrons. The van der Waals surface area contributed by atoms with Crippen molar-refractivity contribution in [1.82, 2.24) is 4.90 Å². The van der Waals surface area contributed by atoms with Gasteiger partial charge in [0.2, 0.25) is 5.91 Å². The lowest BCUT2D eigenvalue weighted by Crippen LogP contribution is -2.49. The molecule has 1 atom stereocenters. The van der Waals surface area contributed by atoms with E-state index in [1.165, 1.54) is 16.2 Å². The predicted molar refractivity (Wildman–Crippen MR) is 104 cm³/mol. The van der Waals surface area contributed by atoms with Crippen molar-refractivity contribution in [1.29, 1.82) is 0 Å². The molecule has 0 saturated carbocycles. The fourth-order valence-corrected chi connectivity index (χ4v) is 3.90. The molecule has 7 heteroatoms. The summed E-state index contributed by atoms with van der Waals surface area (Å²) in [5, 5.41) is 0. The Bertz CT molecular complexity index is 836. The summed E-state index contributed by atoms with van der Waals surface area (Å²) in [6, 6.07) is 10.9. The number of carbonyl (C=O) groups excluding carboxylic acids is 2. The zero-order valence-electron chi connectivity index (χ0n) is 14.4. The lowest BCUT2D eigenvalue weighted by molar-refractivity contribution is -0.133. The number of thiophene rings is 1. The van der Waals surface area contributed by atoms with Crippen LogP contribution in [0.1, 0.15) is 11.8 Å². The molecule has 5 nitrogen and oxygen atoms in total. The summed E-state index contributed by atoms with van der Waals surface area (Å²) in [6.07, 6.45) is 1.05. The number of hydrogen-bond donors (Lipinski definition) is 0. The molecule has 0 aliphatic carbocycles. The molecule has 0 N–H and O–H groups in total. The maximum Gasteiger partial charge on any atom is 0.268 e. The Labute approximate surface area is 161 Å². The molecule has 1 aliphatic rings. The largest absolute Gasteiger partial charge is 0.479 e. The molecule has 1 aliphatic heterocycles. The fraction of sp³-hybridized carbons (Fsp3) is 0.263. The van der Waals surface area contributed by atoms with E-state index in [0.717, 1.165) is 4.88 Å². The molecule has 0 unspecified atom stereocenters. The first kappa shape index (κ1) is 18.5. The number of para-hydroxylation sites is 2. The van der Waals surface area contributed by atoms with E-state index in [4.69, 9.17) is 16.3 Å². The Morgan fingerprint density at radius 2 is 2.15 bits per heavy atom. The van der Waals surface area contributed by atoms with E-state index in [0.29, 0.717) is 28.9 Å². The van der Waals surface area contributed by atoms with Gasteiger partial charge in [0.25, 0.3) is 5.91 Å². The monoisotopic (exact) mass is 390 g/mol. The summed E-state index contributed by atoms with van der Waals surface area (Å²) < 4.78 is 6.29. The van der Waals surface area contributed by atoms with Crippen molar-refractivity contribution < 1.29 is 14.3 Å². The maximum absolute atomic E-state index is 12.9. The quantitative estimate of drug-likeness (QED) is 0.706. The number of carbonyl (C=O) groups is 2. The normalized spacial score (nSPS) is 16.0. The first-order valence-corrected chi connectivity index (χ1v) is 9.39. The number of rotatable bonds is 6. The van der Waals surface area contributed by atoms with Gasteiger partial charge < -0.3 is 9.64 Å². The molecule has 0 bridgehead atoms. The minimum Gasteiger partial charge on any atom is -0.479 e. The van der Waals surface area contributed by atoms with Gasteiger partial charge >= 0.3 is 0 Å². The zero-order valence-corrected chi connectivity index (χ0v) is 15.9. The van der Waals surface area contributed by atoms with Gasteiger partial charge in [-0.1, -0.05) is 29.8 Å². The third-order valence-electron chi connectivity index (χ3n) is 4.04. The van der Waals surface area contributed by atoms with Gasteiger partial charge in [-0.2, -0.15) is 0 Å². The van der Waals surface area contributed by atoms with Crippen molar-refractivity contribution in [2.45, 2.75) is 19.6 Å². The van der Waals surface area contributed by atoms with Crippen molar-refractivity contribution in [2.24, 2.45) is 0 Å². The second-order valence-electron chi connectivity index (χ2n) is 5.92. The molecule has 136 valence electrons. The number of nitrogens with zero attached hydrogens (tertiary/aromatic N) is 2. The summed E-state index contributed by atoms with van der Waals surface area (Å²) in [7, 11) is 0. The van der Waals surface area contributed by atoms with Crippen LogP contribution in [0.25, 0.3) is 0 Å². The van der Waals surface area contributed by atoms with Crippen LogP contribution >= 0.6 is 22.9 Å². The topological polar surface area (TPSA) is 49.9 Å². The Kier molecular flexibility index (Phi) is 5.64. The van der Waals surface area contributed by atoms with E-state index in [9.17, 15) is 9.59 Å². The van der Waals surface area contributed by atoms with E-state index >= 15 is 0 Å². The van der Waals surface area contributed by atoms with Gasteiger partial charge in [-0.25, -0.2) is 0 Å². The van der Waals surface area contributed by atoms with Crippen molar-refractivity contribution in [3.63, 3.8) is 0 Å². The molecular formula is C19H19ClN2O3S. The van der Waals surface area contributed by atoms with Gasteiger partial charge in [0.1, 0.15) is 12.3 Å². The zero-order chi connectivity index (χ0) is 18.7. The minimum absolute atomic E-state index is 0.0451. The van der Waals surface area contributed by atoms with E-state index in [2.05, 4.69) is 6.58 Å². The van der Waals surface area contributed by atoms with Crippen molar-refractivity contribution in [2.75, 3.05) is 18.0 Å². The Morgan fingerprint density at radius 3 is 2.85 bits per heavy atom. The van der Waals surface area contributed by atoms with Crippen LogP contribution in [0.2, 0.25) is 4.34 Å². The van der Waals surface area contributed by atoms with Crippen LogP contribution in [-0.2, 0) is 16.1 Å². The summed E-state index contributed by atoms with van der Waals surface area (Å²) in [5.41, 5.74) is 0.613. The smallest absolute Gasteiger partial charge is 0.268 e. The molecule has 0 fully saturated rings. The van der Waals surface area contributed by atoms with Gasteiger partial charge in [-0.15, -0.1) is 17.9 Å². The third kappa shape index (κ3) is 3.92. The molecule has 3 rings (SSSR count). The molecule has 2 aromatic rings. The highest BCUT2D eigenvalue weighted by Crippen LogP contribution is 2.33. The van der Waals surface area contributed by atoms with E-state index in [1.807, 2.05) is 24.3 Å². The molecule has 2 heterocycles. The average Bonchev–Trinajstić information content (AvgIpc) is 3.03. The highest BCUT2D eigenvalue weighted by molar-refractivity contribution is 7.16. The van der Waals surface area contributed by atoms with Crippen molar-refractivity contribution >= 4 is 40.4 Å². The number of halogens is 1.